The molecule has 8 heteroatoms. The van der Waals surface area contributed by atoms with E-state index in [2.05, 4.69) is 26.3 Å². The van der Waals surface area contributed by atoms with E-state index in [1.54, 1.807) is 11.7 Å². The number of carbonyl (C=O) groups is 2. The number of likely N-dealkylation sites (N-methyl/N-ethyl adjacent to an activating group) is 1. The molecule has 2 aromatic rings. The van der Waals surface area contributed by atoms with Gasteiger partial charge in [0.15, 0.2) is 0 Å². The van der Waals surface area contributed by atoms with Crippen LogP contribution in [0.1, 0.15) is 37.4 Å². The van der Waals surface area contributed by atoms with E-state index in [9.17, 15) is 14.4 Å². The van der Waals surface area contributed by atoms with Crippen molar-refractivity contribution in [3.63, 3.8) is 0 Å². The van der Waals surface area contributed by atoms with Crippen molar-refractivity contribution in [1.82, 2.24) is 9.78 Å². The van der Waals surface area contributed by atoms with Gasteiger partial charge in [0, 0.05) is 23.2 Å². The van der Waals surface area contributed by atoms with Crippen LogP contribution in [0.3, 0.4) is 0 Å². The Kier molecular flexibility index (Phi) is 3.28. The van der Waals surface area contributed by atoms with E-state index in [-0.39, 0.29) is 29.8 Å². The second-order valence-corrected chi connectivity index (χ2v) is 7.70. The van der Waals surface area contributed by atoms with Gasteiger partial charge >= 0.3 is 0 Å². The Balaban J connectivity index is 2.12. The van der Waals surface area contributed by atoms with Crippen LogP contribution in [0.15, 0.2) is 27.5 Å². The van der Waals surface area contributed by atoms with E-state index < -0.39 is 5.41 Å². The summed E-state index contributed by atoms with van der Waals surface area (Å²) in [5.41, 5.74) is 0.0648. The summed E-state index contributed by atoms with van der Waals surface area (Å²) >= 11 is 3.44. The van der Waals surface area contributed by atoms with Crippen LogP contribution >= 0.6 is 15.9 Å². The van der Waals surface area contributed by atoms with Crippen molar-refractivity contribution in [2.75, 3.05) is 17.3 Å². The highest BCUT2D eigenvalue weighted by atomic mass is 79.9. The number of benzene rings is 1. The van der Waals surface area contributed by atoms with E-state index in [1.165, 1.54) is 4.90 Å². The summed E-state index contributed by atoms with van der Waals surface area (Å²) in [6, 6.07) is 5.43. The number of aromatic amines is 1. The molecule has 130 valence electrons. The number of aromatic nitrogens is 2. The van der Waals surface area contributed by atoms with Gasteiger partial charge in [0.25, 0.3) is 5.56 Å². The molecule has 2 aliphatic heterocycles. The smallest absolute Gasteiger partial charge is 0.270 e. The van der Waals surface area contributed by atoms with Crippen LogP contribution in [0.25, 0.3) is 0 Å². The first kappa shape index (κ1) is 16.1. The maximum atomic E-state index is 13.3. The summed E-state index contributed by atoms with van der Waals surface area (Å²) in [6.07, 6.45) is -0.0855. The fraction of sp³-hybridized carbons (Fsp3) is 0.353. The highest BCUT2D eigenvalue weighted by Crippen LogP contribution is 2.51. The van der Waals surface area contributed by atoms with Gasteiger partial charge in [0.2, 0.25) is 11.8 Å². The van der Waals surface area contributed by atoms with Gasteiger partial charge in [-0.1, -0.05) is 15.9 Å². The quantitative estimate of drug-likeness (QED) is 0.762. The summed E-state index contributed by atoms with van der Waals surface area (Å²) in [4.78, 5) is 40.1. The molecule has 1 aromatic heterocycles. The molecule has 1 unspecified atom stereocenters. The van der Waals surface area contributed by atoms with E-state index in [0.29, 0.717) is 22.6 Å². The molecule has 1 atom stereocenters. The number of fused-ring (bicyclic) bond motifs is 4. The Morgan fingerprint density at radius 3 is 2.64 bits per heavy atom. The number of rotatable bonds is 1. The van der Waals surface area contributed by atoms with Crippen LogP contribution in [0.4, 0.5) is 11.5 Å². The molecule has 0 saturated heterocycles. The summed E-state index contributed by atoms with van der Waals surface area (Å²) in [5.74, 6) is -0.162. The molecule has 4 rings (SSSR count). The molecule has 3 heterocycles. The summed E-state index contributed by atoms with van der Waals surface area (Å²) < 4.78 is 2.40. The first-order chi connectivity index (χ1) is 11.8. The lowest BCUT2D eigenvalue weighted by Crippen LogP contribution is -2.47. The first-order valence-electron chi connectivity index (χ1n) is 8.00. The molecule has 0 radical (unpaired) electrons. The predicted molar refractivity (Wildman–Crippen MR) is 97.0 cm³/mol. The van der Waals surface area contributed by atoms with E-state index in [1.807, 2.05) is 32.0 Å². The summed E-state index contributed by atoms with van der Waals surface area (Å²) in [7, 11) is 1.67. The maximum Gasteiger partial charge on any atom is 0.270 e. The SMILES string of the molecule is CC(C)n1[nH]c(=O)c2c1NC(=O)CC21C(=O)N(C)c2ccc(Br)cc21. The number of carbonyl (C=O) groups excluding carboxylic acids is 2. The fourth-order valence-electron chi connectivity index (χ4n) is 3.93. The zero-order valence-electron chi connectivity index (χ0n) is 14.0. The van der Waals surface area contributed by atoms with Crippen molar-refractivity contribution in [2.45, 2.75) is 31.7 Å². The standard InChI is InChI=1S/C17H17BrN4O3/c1-8(2)22-14-13(15(24)20-22)17(7-12(23)19-14)10-6-9(18)4-5-11(10)21(3)16(17)25/h4-6,8H,7H2,1-3H3,(H,19,23)(H,20,24). The Morgan fingerprint density at radius 2 is 1.96 bits per heavy atom. The lowest BCUT2D eigenvalue weighted by molar-refractivity contribution is -0.126. The highest BCUT2D eigenvalue weighted by molar-refractivity contribution is 9.10. The fourth-order valence-corrected chi connectivity index (χ4v) is 4.29. The molecule has 2 aliphatic rings. The number of amides is 2. The first-order valence-corrected chi connectivity index (χ1v) is 8.79. The van der Waals surface area contributed by atoms with Crippen molar-refractivity contribution in [3.05, 3.63) is 44.2 Å². The number of hydrogen-bond acceptors (Lipinski definition) is 3. The van der Waals surface area contributed by atoms with Crippen molar-refractivity contribution < 1.29 is 9.59 Å². The van der Waals surface area contributed by atoms with Crippen LogP contribution < -0.4 is 15.8 Å². The molecule has 7 nitrogen and oxygen atoms in total. The number of nitrogens with zero attached hydrogens (tertiary/aromatic N) is 2. The predicted octanol–water partition coefficient (Wildman–Crippen LogP) is 2.12. The molecule has 1 spiro atoms. The molecule has 2 N–H and O–H groups in total. The number of anilines is 2. The van der Waals surface area contributed by atoms with E-state index in [4.69, 9.17) is 0 Å². The topological polar surface area (TPSA) is 87.2 Å². The lowest BCUT2D eigenvalue weighted by Gasteiger charge is -2.32. The minimum atomic E-state index is -1.29. The Bertz CT molecular complexity index is 990. The number of hydrogen-bond donors (Lipinski definition) is 2. The molecular weight excluding hydrogens is 388 g/mol. The lowest BCUT2D eigenvalue weighted by atomic mass is 9.71. The van der Waals surface area contributed by atoms with Gasteiger partial charge in [-0.25, -0.2) is 0 Å². The summed E-state index contributed by atoms with van der Waals surface area (Å²) in [5, 5.41) is 5.54. The zero-order valence-corrected chi connectivity index (χ0v) is 15.6. The number of H-pyrrole nitrogens is 1. The molecular formula is C17H17BrN4O3. The molecule has 0 saturated carbocycles. The van der Waals surface area contributed by atoms with Crippen molar-refractivity contribution in [3.8, 4) is 0 Å². The third-order valence-electron chi connectivity index (χ3n) is 5.00. The largest absolute Gasteiger partial charge is 0.314 e. The third kappa shape index (κ3) is 1.94. The minimum Gasteiger partial charge on any atom is -0.314 e. The highest BCUT2D eigenvalue weighted by Gasteiger charge is 2.57. The van der Waals surface area contributed by atoms with Gasteiger partial charge in [0.1, 0.15) is 11.2 Å². The van der Waals surface area contributed by atoms with Crippen molar-refractivity contribution in [1.29, 1.82) is 0 Å². The van der Waals surface area contributed by atoms with E-state index in [0.717, 1.165) is 4.47 Å². The van der Waals surface area contributed by atoms with Gasteiger partial charge in [0.05, 0.1) is 12.0 Å². The van der Waals surface area contributed by atoms with Crippen LogP contribution in [-0.2, 0) is 15.0 Å². The Hall–Kier alpha value is -2.35. The van der Waals surface area contributed by atoms with Gasteiger partial charge < -0.3 is 10.2 Å². The van der Waals surface area contributed by atoms with Crippen LogP contribution in [0.5, 0.6) is 0 Å². The average molecular weight is 405 g/mol. The number of halogens is 1. The molecule has 0 fully saturated rings. The van der Waals surface area contributed by atoms with Gasteiger partial charge in [-0.3, -0.25) is 24.2 Å². The summed E-state index contributed by atoms with van der Waals surface area (Å²) in [6.45, 7) is 3.80. The third-order valence-corrected chi connectivity index (χ3v) is 5.50. The van der Waals surface area contributed by atoms with Gasteiger partial charge in [-0.05, 0) is 37.6 Å². The molecule has 0 bridgehead atoms. The van der Waals surface area contributed by atoms with Crippen LogP contribution in [0, 0.1) is 0 Å². The molecule has 0 aliphatic carbocycles. The normalized spacial score (nSPS) is 21.7. The Labute approximate surface area is 152 Å². The zero-order chi connectivity index (χ0) is 18.1. The Morgan fingerprint density at radius 1 is 1.24 bits per heavy atom. The molecule has 25 heavy (non-hydrogen) atoms. The van der Waals surface area contributed by atoms with Crippen molar-refractivity contribution in [2.24, 2.45) is 0 Å². The second kappa shape index (κ2) is 5.08. The number of nitrogens with one attached hydrogen (secondary N) is 2. The second-order valence-electron chi connectivity index (χ2n) is 6.78. The maximum absolute atomic E-state index is 13.3. The van der Waals surface area contributed by atoms with Gasteiger partial charge in [-0.15, -0.1) is 0 Å². The van der Waals surface area contributed by atoms with Crippen LogP contribution in [0.2, 0.25) is 0 Å². The monoisotopic (exact) mass is 404 g/mol. The van der Waals surface area contributed by atoms with Crippen molar-refractivity contribution >= 4 is 39.2 Å². The minimum absolute atomic E-state index is 0.0666. The average Bonchev–Trinajstić information content (AvgIpc) is 2.97. The molecule has 2 amide bonds. The van der Waals surface area contributed by atoms with E-state index >= 15 is 0 Å². The van der Waals surface area contributed by atoms with Crippen LogP contribution in [-0.4, -0.2) is 28.6 Å². The van der Waals surface area contributed by atoms with Gasteiger partial charge in [-0.2, -0.15) is 0 Å². The molecule has 1 aromatic carbocycles.